The van der Waals surface area contributed by atoms with E-state index in [4.69, 9.17) is 11.6 Å². The Labute approximate surface area is 165 Å². The summed E-state index contributed by atoms with van der Waals surface area (Å²) in [7, 11) is 1.66. The van der Waals surface area contributed by atoms with Crippen molar-refractivity contribution in [2.45, 2.75) is 37.6 Å². The van der Waals surface area contributed by atoms with Gasteiger partial charge in [0.15, 0.2) is 0 Å². The molecule has 1 fully saturated rings. The minimum atomic E-state index is -0.187. The summed E-state index contributed by atoms with van der Waals surface area (Å²) in [6, 6.07) is 8.02. The van der Waals surface area contributed by atoms with Crippen LogP contribution in [0.5, 0.6) is 0 Å². The minimum absolute atomic E-state index is 0.0411. The zero-order valence-corrected chi connectivity index (χ0v) is 16.5. The first-order valence-corrected chi connectivity index (χ1v) is 9.86. The number of carbonyl (C=O) groups is 1. The molecule has 2 heterocycles. The van der Waals surface area contributed by atoms with Crippen molar-refractivity contribution in [1.82, 2.24) is 15.6 Å². The number of benzene rings is 1. The SMILES string of the molecule is CNC(=O)c1ccc(C2CCN(C3=C4C=NNC4(C)CC(Cl)=C3)CC2)cc1. The summed E-state index contributed by atoms with van der Waals surface area (Å²) in [5.41, 5.74) is 7.49. The van der Waals surface area contributed by atoms with Gasteiger partial charge in [-0.1, -0.05) is 23.7 Å². The van der Waals surface area contributed by atoms with Gasteiger partial charge in [-0.2, -0.15) is 5.10 Å². The highest BCUT2D eigenvalue weighted by atomic mass is 35.5. The Balaban J connectivity index is 1.47. The molecule has 142 valence electrons. The van der Waals surface area contributed by atoms with E-state index in [1.54, 1.807) is 7.05 Å². The molecule has 1 aliphatic carbocycles. The Kier molecular flexibility index (Phi) is 4.72. The Morgan fingerprint density at radius 3 is 2.67 bits per heavy atom. The summed E-state index contributed by atoms with van der Waals surface area (Å²) < 4.78 is 0. The lowest BCUT2D eigenvalue weighted by Gasteiger charge is -2.39. The summed E-state index contributed by atoms with van der Waals surface area (Å²) >= 11 is 6.44. The van der Waals surface area contributed by atoms with Gasteiger partial charge >= 0.3 is 0 Å². The fourth-order valence-corrected chi connectivity index (χ4v) is 4.68. The lowest BCUT2D eigenvalue weighted by Crippen LogP contribution is -2.42. The van der Waals surface area contributed by atoms with E-state index in [0.717, 1.165) is 37.4 Å². The maximum absolute atomic E-state index is 11.7. The predicted molar refractivity (Wildman–Crippen MR) is 109 cm³/mol. The van der Waals surface area contributed by atoms with Gasteiger partial charge in [0, 0.05) is 48.4 Å². The molecule has 0 radical (unpaired) electrons. The molecule has 0 saturated carbocycles. The van der Waals surface area contributed by atoms with Gasteiger partial charge in [0.2, 0.25) is 0 Å². The maximum atomic E-state index is 11.7. The Bertz CT molecular complexity index is 834. The monoisotopic (exact) mass is 384 g/mol. The van der Waals surface area contributed by atoms with E-state index in [9.17, 15) is 4.79 Å². The van der Waals surface area contributed by atoms with Crippen LogP contribution >= 0.6 is 11.6 Å². The lowest BCUT2D eigenvalue weighted by molar-refractivity contribution is 0.0963. The van der Waals surface area contributed by atoms with Crippen LogP contribution in [-0.4, -0.2) is 42.7 Å². The fourth-order valence-electron chi connectivity index (χ4n) is 4.31. The number of piperidine rings is 1. The molecule has 0 spiro atoms. The molecule has 1 saturated heterocycles. The third kappa shape index (κ3) is 3.36. The van der Waals surface area contributed by atoms with Gasteiger partial charge in [-0.25, -0.2) is 0 Å². The van der Waals surface area contributed by atoms with Crippen molar-refractivity contribution >= 4 is 23.7 Å². The van der Waals surface area contributed by atoms with Crippen molar-refractivity contribution in [1.29, 1.82) is 0 Å². The minimum Gasteiger partial charge on any atom is -0.371 e. The van der Waals surface area contributed by atoms with Gasteiger partial charge in [0.1, 0.15) is 0 Å². The highest BCUT2D eigenvalue weighted by Crippen LogP contribution is 2.39. The Morgan fingerprint density at radius 2 is 2.00 bits per heavy atom. The predicted octanol–water partition coefficient (Wildman–Crippen LogP) is 3.35. The average Bonchev–Trinajstić information content (AvgIpc) is 3.08. The first-order valence-electron chi connectivity index (χ1n) is 9.48. The smallest absolute Gasteiger partial charge is 0.251 e. The highest BCUT2D eigenvalue weighted by Gasteiger charge is 2.38. The first-order chi connectivity index (χ1) is 13.0. The second kappa shape index (κ2) is 7.04. The number of hydrogen-bond acceptors (Lipinski definition) is 4. The second-order valence-electron chi connectivity index (χ2n) is 7.73. The van der Waals surface area contributed by atoms with E-state index in [1.807, 2.05) is 18.3 Å². The lowest BCUT2D eigenvalue weighted by atomic mass is 9.83. The van der Waals surface area contributed by atoms with Gasteiger partial charge in [-0.05, 0) is 49.5 Å². The summed E-state index contributed by atoms with van der Waals surface area (Å²) in [5, 5.41) is 7.83. The summed E-state index contributed by atoms with van der Waals surface area (Å²) in [6.07, 6.45) is 7.00. The number of hydrazone groups is 1. The molecule has 6 heteroatoms. The third-order valence-corrected chi connectivity index (χ3v) is 6.14. The standard InChI is InChI=1S/C21H25ClN4O/c1-21-12-17(22)11-19(18(21)13-24-25-21)26-9-7-15(8-10-26)14-3-5-16(6-4-14)20(27)23-2/h3-6,11,13,15,25H,7-10,12H2,1-2H3,(H,23,27). The number of likely N-dealkylation sites (tertiary alicyclic amines) is 1. The molecule has 2 N–H and O–H groups in total. The zero-order valence-electron chi connectivity index (χ0n) is 15.8. The second-order valence-corrected chi connectivity index (χ2v) is 8.22. The molecule has 1 unspecified atom stereocenters. The molecule has 4 rings (SSSR count). The van der Waals surface area contributed by atoms with Crippen molar-refractivity contribution in [3.05, 3.63) is 57.8 Å². The Hall–Kier alpha value is -2.27. The number of fused-ring (bicyclic) bond motifs is 1. The number of carbonyl (C=O) groups excluding carboxylic acids is 1. The first kappa shape index (κ1) is 18.1. The van der Waals surface area contributed by atoms with Crippen molar-refractivity contribution < 1.29 is 4.79 Å². The van der Waals surface area contributed by atoms with Gasteiger partial charge in [0.25, 0.3) is 5.91 Å². The van der Waals surface area contributed by atoms with Gasteiger partial charge in [0.05, 0.1) is 11.8 Å². The van der Waals surface area contributed by atoms with E-state index in [2.05, 4.69) is 45.9 Å². The van der Waals surface area contributed by atoms with Crippen LogP contribution in [0.3, 0.4) is 0 Å². The van der Waals surface area contributed by atoms with Crippen molar-refractivity contribution in [3.63, 3.8) is 0 Å². The van der Waals surface area contributed by atoms with Crippen LogP contribution in [0.15, 0.2) is 51.7 Å². The van der Waals surface area contributed by atoms with Crippen molar-refractivity contribution in [3.8, 4) is 0 Å². The molecule has 27 heavy (non-hydrogen) atoms. The average molecular weight is 385 g/mol. The van der Waals surface area contributed by atoms with Crippen LogP contribution in [-0.2, 0) is 0 Å². The van der Waals surface area contributed by atoms with E-state index >= 15 is 0 Å². The molecule has 0 bridgehead atoms. The molecule has 1 amide bonds. The normalized spacial score (nSPS) is 25.1. The van der Waals surface area contributed by atoms with Crippen LogP contribution < -0.4 is 10.7 Å². The molecule has 1 aromatic rings. The van der Waals surface area contributed by atoms with Crippen LogP contribution in [0.2, 0.25) is 0 Å². The summed E-state index contributed by atoms with van der Waals surface area (Å²) in [4.78, 5) is 14.1. The number of amides is 1. The molecule has 2 aliphatic heterocycles. The van der Waals surface area contributed by atoms with E-state index in [1.165, 1.54) is 16.8 Å². The maximum Gasteiger partial charge on any atom is 0.251 e. The molecular formula is C21H25ClN4O. The molecule has 0 aromatic heterocycles. The van der Waals surface area contributed by atoms with Gasteiger partial charge in [-0.3, -0.25) is 10.2 Å². The molecular weight excluding hydrogens is 360 g/mol. The largest absolute Gasteiger partial charge is 0.371 e. The quantitative estimate of drug-likeness (QED) is 0.840. The summed E-state index contributed by atoms with van der Waals surface area (Å²) in [6.45, 7) is 4.14. The van der Waals surface area contributed by atoms with Gasteiger partial charge in [-0.15, -0.1) is 0 Å². The Morgan fingerprint density at radius 1 is 1.30 bits per heavy atom. The van der Waals surface area contributed by atoms with Crippen LogP contribution in [0, 0.1) is 0 Å². The number of nitrogens with one attached hydrogen (secondary N) is 2. The van der Waals surface area contributed by atoms with E-state index in [-0.39, 0.29) is 11.4 Å². The number of hydrogen-bond donors (Lipinski definition) is 2. The summed E-state index contributed by atoms with van der Waals surface area (Å²) in [5.74, 6) is 0.482. The van der Waals surface area contributed by atoms with Crippen LogP contribution in [0.25, 0.3) is 0 Å². The van der Waals surface area contributed by atoms with Gasteiger partial charge < -0.3 is 10.2 Å². The van der Waals surface area contributed by atoms with Crippen molar-refractivity contribution in [2.24, 2.45) is 5.10 Å². The van der Waals surface area contributed by atoms with E-state index in [0.29, 0.717) is 11.5 Å². The molecule has 1 aromatic carbocycles. The van der Waals surface area contributed by atoms with Crippen molar-refractivity contribution in [2.75, 3.05) is 20.1 Å². The third-order valence-electron chi connectivity index (χ3n) is 5.90. The van der Waals surface area contributed by atoms with E-state index < -0.39 is 0 Å². The molecule has 3 aliphatic rings. The number of nitrogens with zero attached hydrogens (tertiary/aromatic N) is 2. The number of rotatable bonds is 3. The number of allylic oxidation sites excluding steroid dienone is 1. The molecule has 5 nitrogen and oxygen atoms in total. The number of halogens is 1. The highest BCUT2D eigenvalue weighted by molar-refractivity contribution is 6.30. The van der Waals surface area contributed by atoms with Crippen LogP contribution in [0.1, 0.15) is 48.0 Å². The zero-order chi connectivity index (χ0) is 19.0. The van der Waals surface area contributed by atoms with Crippen LogP contribution in [0.4, 0.5) is 0 Å². The topological polar surface area (TPSA) is 56.7 Å². The molecule has 1 atom stereocenters. The fraction of sp³-hybridized carbons (Fsp3) is 0.429.